The van der Waals surface area contributed by atoms with Gasteiger partial charge >= 0.3 is 0 Å². The van der Waals surface area contributed by atoms with Crippen LogP contribution in [-0.4, -0.2) is 10.9 Å². The highest BCUT2D eigenvalue weighted by molar-refractivity contribution is 7.08. The Balaban J connectivity index is 1.59. The molecule has 3 N–H and O–H groups in total. The van der Waals surface area contributed by atoms with E-state index in [-0.39, 0.29) is 11.4 Å². The van der Waals surface area contributed by atoms with Crippen LogP contribution in [0.15, 0.2) is 53.4 Å². The molecule has 1 aromatic carbocycles. The number of carbonyl (C=O) groups excluding carboxylic acids is 1. The second-order valence-corrected chi connectivity index (χ2v) is 9.77. The van der Waals surface area contributed by atoms with Crippen molar-refractivity contribution in [2.45, 2.75) is 51.5 Å². The smallest absolute Gasteiger partial charge is 0.224 e. The van der Waals surface area contributed by atoms with Crippen LogP contribution in [0.4, 0.5) is 5.69 Å². The van der Waals surface area contributed by atoms with Gasteiger partial charge in [0.1, 0.15) is 0 Å². The summed E-state index contributed by atoms with van der Waals surface area (Å²) in [5, 5.41) is 7.25. The van der Waals surface area contributed by atoms with E-state index in [1.165, 1.54) is 0 Å². The quantitative estimate of drug-likeness (QED) is 0.474. The number of thiophene rings is 1. The zero-order chi connectivity index (χ0) is 21.8. The molecule has 1 fully saturated rings. The van der Waals surface area contributed by atoms with Gasteiger partial charge in [0.2, 0.25) is 5.91 Å². The summed E-state index contributed by atoms with van der Waals surface area (Å²) in [6.45, 7) is 4.00. The fourth-order valence-corrected chi connectivity index (χ4v) is 4.79. The molecule has 1 amide bonds. The van der Waals surface area contributed by atoms with Crippen molar-refractivity contribution in [2.24, 2.45) is 11.7 Å². The molecule has 161 valence electrons. The normalized spacial score (nSPS) is 15.1. The first-order valence-corrected chi connectivity index (χ1v) is 11.9. The third-order valence-corrected chi connectivity index (χ3v) is 6.62. The van der Waals surface area contributed by atoms with Crippen LogP contribution in [0.2, 0.25) is 0 Å². The lowest BCUT2D eigenvalue weighted by Gasteiger charge is -2.21. The molecule has 0 atom stereocenters. The van der Waals surface area contributed by atoms with Crippen molar-refractivity contribution in [3.05, 3.63) is 65.3 Å². The number of anilines is 1. The molecule has 0 saturated heterocycles. The second-order valence-electron chi connectivity index (χ2n) is 8.99. The summed E-state index contributed by atoms with van der Waals surface area (Å²) >= 11 is 1.65. The molecule has 1 radical (unpaired) electrons. The first kappa shape index (κ1) is 21.7. The number of hydrogen-bond acceptors (Lipinski definition) is 4. The standard InChI is InChI=1S/C26H30N3OS/c1-26(2,27)21-10-8-19(9-11-21)25-23(20-12-13-31-17-20)15-22(16-28-25)29-24(30)14-18-6-4-3-5-7-18/h3,8-13,15-18H,4-7,14,27H2,1-2H3,(H,29,30). The SMILES string of the molecule is CC(C)(N)c1ccc(-c2ncc(NC(=O)CC3CC[CH]CC3)cc2-c2ccsc2)cc1. The Hall–Kier alpha value is -2.50. The summed E-state index contributed by atoms with van der Waals surface area (Å²) in [4.78, 5) is 17.4. The van der Waals surface area contributed by atoms with Gasteiger partial charge in [-0.2, -0.15) is 11.3 Å². The molecule has 0 aliphatic heterocycles. The Morgan fingerprint density at radius 2 is 1.90 bits per heavy atom. The molecule has 3 aromatic rings. The van der Waals surface area contributed by atoms with E-state index < -0.39 is 0 Å². The van der Waals surface area contributed by atoms with E-state index in [9.17, 15) is 4.79 Å². The molecule has 1 aliphatic rings. The summed E-state index contributed by atoms with van der Waals surface area (Å²) in [6.07, 6.45) is 9.14. The highest BCUT2D eigenvalue weighted by Crippen LogP contribution is 2.34. The first-order valence-electron chi connectivity index (χ1n) is 10.9. The number of pyridine rings is 1. The molecular weight excluding hydrogens is 402 g/mol. The summed E-state index contributed by atoms with van der Waals surface area (Å²) in [5.74, 6) is 0.561. The van der Waals surface area contributed by atoms with Crippen LogP contribution in [0.3, 0.4) is 0 Å². The topological polar surface area (TPSA) is 68.0 Å². The van der Waals surface area contributed by atoms with E-state index in [2.05, 4.69) is 52.8 Å². The fourth-order valence-electron chi connectivity index (χ4n) is 4.13. The molecule has 1 saturated carbocycles. The Kier molecular flexibility index (Phi) is 6.54. The van der Waals surface area contributed by atoms with Gasteiger partial charge in [0.05, 0.1) is 17.6 Å². The third-order valence-electron chi connectivity index (χ3n) is 5.94. The lowest BCUT2D eigenvalue weighted by atomic mass is 9.87. The van der Waals surface area contributed by atoms with Crippen LogP contribution in [0.5, 0.6) is 0 Å². The van der Waals surface area contributed by atoms with Gasteiger partial charge in [-0.15, -0.1) is 0 Å². The van der Waals surface area contributed by atoms with Gasteiger partial charge in [0.25, 0.3) is 0 Å². The van der Waals surface area contributed by atoms with E-state index in [4.69, 9.17) is 10.7 Å². The Morgan fingerprint density at radius 3 is 2.55 bits per heavy atom. The largest absolute Gasteiger partial charge is 0.325 e. The minimum Gasteiger partial charge on any atom is -0.325 e. The van der Waals surface area contributed by atoms with Crippen molar-refractivity contribution in [1.29, 1.82) is 0 Å². The maximum atomic E-state index is 12.6. The van der Waals surface area contributed by atoms with E-state index >= 15 is 0 Å². The van der Waals surface area contributed by atoms with E-state index in [0.717, 1.165) is 59.3 Å². The molecule has 1 aliphatic carbocycles. The minimum atomic E-state index is -0.382. The number of amides is 1. The fraction of sp³-hybridized carbons (Fsp3) is 0.346. The van der Waals surface area contributed by atoms with Crippen molar-refractivity contribution < 1.29 is 4.79 Å². The Morgan fingerprint density at radius 1 is 1.16 bits per heavy atom. The molecule has 0 bridgehead atoms. The first-order chi connectivity index (χ1) is 14.9. The van der Waals surface area contributed by atoms with Crippen molar-refractivity contribution in [3.63, 3.8) is 0 Å². The third kappa shape index (κ3) is 5.41. The number of aromatic nitrogens is 1. The summed E-state index contributed by atoms with van der Waals surface area (Å²) in [6, 6.07) is 12.4. The highest BCUT2D eigenvalue weighted by atomic mass is 32.1. The Bertz CT molecular complexity index is 1010. The Labute approximate surface area is 188 Å². The summed E-state index contributed by atoms with van der Waals surface area (Å²) < 4.78 is 0. The molecule has 31 heavy (non-hydrogen) atoms. The average Bonchev–Trinajstić information content (AvgIpc) is 3.29. The van der Waals surface area contributed by atoms with Crippen molar-refractivity contribution in [1.82, 2.24) is 4.98 Å². The number of nitrogens with zero attached hydrogens (tertiary/aromatic N) is 1. The number of carbonyl (C=O) groups is 1. The van der Waals surface area contributed by atoms with Crippen molar-refractivity contribution >= 4 is 22.9 Å². The van der Waals surface area contributed by atoms with Crippen molar-refractivity contribution in [2.75, 3.05) is 5.32 Å². The van der Waals surface area contributed by atoms with Crippen LogP contribution in [-0.2, 0) is 10.3 Å². The van der Waals surface area contributed by atoms with Gasteiger partial charge in [-0.1, -0.05) is 24.3 Å². The molecule has 0 spiro atoms. The zero-order valence-corrected chi connectivity index (χ0v) is 19.0. The summed E-state index contributed by atoms with van der Waals surface area (Å²) in [7, 11) is 0. The number of benzene rings is 1. The molecule has 2 heterocycles. The van der Waals surface area contributed by atoms with E-state index in [1.807, 2.05) is 19.9 Å². The molecule has 0 unspecified atom stereocenters. The maximum absolute atomic E-state index is 12.6. The zero-order valence-electron chi connectivity index (χ0n) is 18.2. The van der Waals surface area contributed by atoms with Gasteiger partial charge in [-0.3, -0.25) is 9.78 Å². The van der Waals surface area contributed by atoms with Gasteiger partial charge in [-0.25, -0.2) is 0 Å². The van der Waals surface area contributed by atoms with Crippen LogP contribution in [0, 0.1) is 12.3 Å². The number of rotatable bonds is 6. The van der Waals surface area contributed by atoms with Gasteiger partial charge < -0.3 is 11.1 Å². The molecule has 4 rings (SSSR count). The summed E-state index contributed by atoms with van der Waals surface area (Å²) in [5.41, 5.74) is 11.7. The van der Waals surface area contributed by atoms with Gasteiger partial charge in [0.15, 0.2) is 0 Å². The van der Waals surface area contributed by atoms with Crippen LogP contribution in [0.1, 0.15) is 51.5 Å². The van der Waals surface area contributed by atoms with Crippen molar-refractivity contribution in [3.8, 4) is 22.4 Å². The molecule has 4 nitrogen and oxygen atoms in total. The van der Waals surface area contributed by atoms with Crippen LogP contribution < -0.4 is 11.1 Å². The van der Waals surface area contributed by atoms with Crippen LogP contribution >= 0.6 is 11.3 Å². The monoisotopic (exact) mass is 432 g/mol. The highest BCUT2D eigenvalue weighted by Gasteiger charge is 2.19. The van der Waals surface area contributed by atoms with E-state index in [1.54, 1.807) is 17.5 Å². The predicted octanol–water partition coefficient (Wildman–Crippen LogP) is 6.39. The maximum Gasteiger partial charge on any atom is 0.224 e. The lowest BCUT2D eigenvalue weighted by molar-refractivity contribution is -0.117. The predicted molar refractivity (Wildman–Crippen MR) is 130 cm³/mol. The number of hydrogen-bond donors (Lipinski definition) is 2. The van der Waals surface area contributed by atoms with Crippen LogP contribution in [0.25, 0.3) is 22.4 Å². The number of nitrogens with two attached hydrogens (primary N) is 1. The van der Waals surface area contributed by atoms with E-state index in [0.29, 0.717) is 12.3 Å². The average molecular weight is 433 g/mol. The molecular formula is C26H30N3OS. The minimum absolute atomic E-state index is 0.0762. The molecule has 2 aromatic heterocycles. The van der Waals surface area contributed by atoms with Gasteiger partial charge in [0, 0.05) is 23.1 Å². The lowest BCUT2D eigenvalue weighted by Crippen LogP contribution is -2.28. The molecule has 5 heteroatoms. The second kappa shape index (κ2) is 9.33. The van der Waals surface area contributed by atoms with Gasteiger partial charge in [-0.05, 0) is 85.9 Å². The number of nitrogens with one attached hydrogen (secondary N) is 1.